The molecule has 0 spiro atoms. The van der Waals surface area contributed by atoms with E-state index in [0.29, 0.717) is 0 Å². The molecule has 0 atom stereocenters. The van der Waals surface area contributed by atoms with Crippen molar-refractivity contribution >= 4 is 27.5 Å². The summed E-state index contributed by atoms with van der Waals surface area (Å²) in [7, 11) is 0. The van der Waals surface area contributed by atoms with Crippen molar-refractivity contribution in [3.8, 4) is 0 Å². The van der Waals surface area contributed by atoms with E-state index in [2.05, 4.69) is 33.0 Å². The van der Waals surface area contributed by atoms with Crippen LogP contribution in [0.25, 0.3) is 0 Å². The molecule has 1 amide bonds. The van der Waals surface area contributed by atoms with Crippen molar-refractivity contribution in [2.75, 3.05) is 31.1 Å². The second-order valence-electron chi connectivity index (χ2n) is 5.13. The summed E-state index contributed by atoms with van der Waals surface area (Å²) in [6.07, 6.45) is 0. The molecular formula is C17H17BrN2O. The van der Waals surface area contributed by atoms with Gasteiger partial charge in [0.2, 0.25) is 0 Å². The van der Waals surface area contributed by atoms with Crippen LogP contribution in [-0.2, 0) is 0 Å². The normalized spacial score (nSPS) is 15.1. The Labute approximate surface area is 133 Å². The fraction of sp³-hybridized carbons (Fsp3) is 0.235. The Morgan fingerprint density at radius 3 is 2.29 bits per heavy atom. The zero-order valence-electron chi connectivity index (χ0n) is 11.7. The van der Waals surface area contributed by atoms with Gasteiger partial charge in [-0.25, -0.2) is 0 Å². The second kappa shape index (κ2) is 6.31. The van der Waals surface area contributed by atoms with Crippen LogP contribution in [0.15, 0.2) is 59.1 Å². The Hall–Kier alpha value is -1.81. The lowest BCUT2D eigenvalue weighted by Gasteiger charge is -2.36. The number of hydrogen-bond acceptors (Lipinski definition) is 2. The smallest absolute Gasteiger partial charge is 0.254 e. The van der Waals surface area contributed by atoms with E-state index < -0.39 is 0 Å². The number of carbonyl (C=O) groups is 1. The Bertz CT molecular complexity index is 622. The van der Waals surface area contributed by atoms with Crippen molar-refractivity contribution in [1.82, 2.24) is 4.90 Å². The van der Waals surface area contributed by atoms with Gasteiger partial charge in [0.25, 0.3) is 5.91 Å². The number of para-hydroxylation sites is 1. The van der Waals surface area contributed by atoms with Crippen LogP contribution in [0.1, 0.15) is 10.4 Å². The van der Waals surface area contributed by atoms with E-state index in [1.165, 1.54) is 5.69 Å². The van der Waals surface area contributed by atoms with Crippen molar-refractivity contribution < 1.29 is 4.79 Å². The van der Waals surface area contributed by atoms with Gasteiger partial charge in [-0.1, -0.05) is 40.2 Å². The summed E-state index contributed by atoms with van der Waals surface area (Å²) in [6.45, 7) is 3.29. The van der Waals surface area contributed by atoms with Crippen LogP contribution < -0.4 is 4.90 Å². The van der Waals surface area contributed by atoms with Gasteiger partial charge in [-0.3, -0.25) is 4.79 Å². The minimum absolute atomic E-state index is 0.115. The largest absolute Gasteiger partial charge is 0.368 e. The topological polar surface area (TPSA) is 23.6 Å². The number of carbonyl (C=O) groups excluding carboxylic acids is 1. The summed E-state index contributed by atoms with van der Waals surface area (Å²) >= 11 is 3.42. The van der Waals surface area contributed by atoms with Crippen LogP contribution in [0.3, 0.4) is 0 Å². The highest BCUT2D eigenvalue weighted by atomic mass is 79.9. The van der Waals surface area contributed by atoms with Crippen LogP contribution in [0.2, 0.25) is 0 Å². The standard InChI is InChI=1S/C17H17BrN2O/c18-15-6-4-5-14(13-15)17(21)20-11-9-19(10-12-20)16-7-2-1-3-8-16/h1-8,13H,9-12H2. The molecule has 1 heterocycles. The lowest BCUT2D eigenvalue weighted by atomic mass is 10.1. The van der Waals surface area contributed by atoms with Crippen molar-refractivity contribution in [2.24, 2.45) is 0 Å². The van der Waals surface area contributed by atoms with Gasteiger partial charge >= 0.3 is 0 Å². The van der Waals surface area contributed by atoms with Crippen molar-refractivity contribution in [1.29, 1.82) is 0 Å². The first-order valence-electron chi connectivity index (χ1n) is 7.09. The molecule has 0 radical (unpaired) electrons. The van der Waals surface area contributed by atoms with E-state index in [-0.39, 0.29) is 5.91 Å². The molecule has 1 aliphatic rings. The molecule has 3 rings (SSSR count). The lowest BCUT2D eigenvalue weighted by molar-refractivity contribution is 0.0746. The van der Waals surface area contributed by atoms with E-state index in [1.807, 2.05) is 47.4 Å². The fourth-order valence-corrected chi connectivity index (χ4v) is 3.01. The number of hydrogen-bond donors (Lipinski definition) is 0. The molecule has 0 N–H and O–H groups in total. The van der Waals surface area contributed by atoms with Crippen LogP contribution >= 0.6 is 15.9 Å². The monoisotopic (exact) mass is 344 g/mol. The predicted octanol–water partition coefficient (Wildman–Crippen LogP) is 3.41. The molecule has 0 saturated carbocycles. The maximum Gasteiger partial charge on any atom is 0.254 e. The zero-order valence-corrected chi connectivity index (χ0v) is 13.3. The van der Waals surface area contributed by atoms with Gasteiger partial charge in [0.15, 0.2) is 0 Å². The highest BCUT2D eigenvalue weighted by Crippen LogP contribution is 2.18. The molecule has 1 saturated heterocycles. The fourth-order valence-electron chi connectivity index (χ4n) is 2.61. The van der Waals surface area contributed by atoms with Gasteiger partial charge in [-0.2, -0.15) is 0 Å². The molecule has 1 fully saturated rings. The van der Waals surface area contributed by atoms with Crippen LogP contribution in [0.5, 0.6) is 0 Å². The van der Waals surface area contributed by atoms with E-state index >= 15 is 0 Å². The molecule has 108 valence electrons. The second-order valence-corrected chi connectivity index (χ2v) is 6.04. The molecule has 2 aromatic carbocycles. The van der Waals surface area contributed by atoms with Gasteiger partial charge in [0.1, 0.15) is 0 Å². The minimum Gasteiger partial charge on any atom is -0.368 e. The number of benzene rings is 2. The molecule has 0 aromatic heterocycles. The average Bonchev–Trinajstić information content (AvgIpc) is 2.55. The molecule has 1 aliphatic heterocycles. The van der Waals surface area contributed by atoms with Gasteiger partial charge in [-0.05, 0) is 30.3 Å². The third-order valence-corrected chi connectivity index (χ3v) is 4.25. The lowest BCUT2D eigenvalue weighted by Crippen LogP contribution is -2.48. The highest BCUT2D eigenvalue weighted by molar-refractivity contribution is 9.10. The van der Waals surface area contributed by atoms with Crippen LogP contribution in [-0.4, -0.2) is 37.0 Å². The molecule has 4 heteroatoms. The van der Waals surface area contributed by atoms with Crippen molar-refractivity contribution in [2.45, 2.75) is 0 Å². The first-order chi connectivity index (χ1) is 10.2. The molecule has 21 heavy (non-hydrogen) atoms. The third kappa shape index (κ3) is 3.27. The van der Waals surface area contributed by atoms with Gasteiger partial charge in [0, 0.05) is 41.9 Å². The molecule has 0 unspecified atom stereocenters. The van der Waals surface area contributed by atoms with E-state index in [4.69, 9.17) is 0 Å². The molecule has 0 bridgehead atoms. The quantitative estimate of drug-likeness (QED) is 0.833. The van der Waals surface area contributed by atoms with Crippen LogP contribution in [0, 0.1) is 0 Å². The Balaban J connectivity index is 1.64. The van der Waals surface area contributed by atoms with E-state index in [0.717, 1.165) is 36.2 Å². The van der Waals surface area contributed by atoms with Crippen LogP contribution in [0.4, 0.5) is 5.69 Å². The van der Waals surface area contributed by atoms with Crippen molar-refractivity contribution in [3.63, 3.8) is 0 Å². The summed E-state index contributed by atoms with van der Waals surface area (Å²) in [5.41, 5.74) is 1.98. The Kier molecular flexibility index (Phi) is 4.25. The number of anilines is 1. The van der Waals surface area contributed by atoms with Gasteiger partial charge in [0.05, 0.1) is 0 Å². The zero-order chi connectivity index (χ0) is 14.7. The molecular weight excluding hydrogens is 328 g/mol. The SMILES string of the molecule is O=C(c1cccc(Br)c1)N1CCN(c2ccccc2)CC1. The van der Waals surface area contributed by atoms with Gasteiger partial charge < -0.3 is 9.80 Å². The summed E-state index contributed by atoms with van der Waals surface area (Å²) in [5, 5.41) is 0. The Morgan fingerprint density at radius 1 is 0.905 bits per heavy atom. The summed E-state index contributed by atoms with van der Waals surface area (Å²) in [4.78, 5) is 16.7. The number of rotatable bonds is 2. The summed E-state index contributed by atoms with van der Waals surface area (Å²) < 4.78 is 0.941. The maximum absolute atomic E-state index is 12.5. The number of piperazine rings is 1. The maximum atomic E-state index is 12.5. The first-order valence-corrected chi connectivity index (χ1v) is 7.88. The number of nitrogens with zero attached hydrogens (tertiary/aromatic N) is 2. The Morgan fingerprint density at radius 2 is 1.62 bits per heavy atom. The predicted molar refractivity (Wildman–Crippen MR) is 88.7 cm³/mol. The molecule has 3 nitrogen and oxygen atoms in total. The first kappa shape index (κ1) is 14.1. The number of halogens is 1. The highest BCUT2D eigenvalue weighted by Gasteiger charge is 2.22. The van der Waals surface area contributed by atoms with Crippen molar-refractivity contribution in [3.05, 3.63) is 64.6 Å². The third-order valence-electron chi connectivity index (χ3n) is 3.76. The van der Waals surface area contributed by atoms with E-state index in [1.54, 1.807) is 0 Å². The average molecular weight is 345 g/mol. The van der Waals surface area contributed by atoms with Gasteiger partial charge in [-0.15, -0.1) is 0 Å². The summed E-state index contributed by atoms with van der Waals surface area (Å²) in [6, 6.07) is 17.9. The molecule has 2 aromatic rings. The molecule has 0 aliphatic carbocycles. The minimum atomic E-state index is 0.115. The number of amides is 1. The van der Waals surface area contributed by atoms with E-state index in [9.17, 15) is 4.79 Å². The summed E-state index contributed by atoms with van der Waals surface area (Å²) in [5.74, 6) is 0.115.